The Hall–Kier alpha value is -13.6. The van der Waals surface area contributed by atoms with E-state index in [4.69, 9.17) is 22.3 Å². The van der Waals surface area contributed by atoms with E-state index in [-0.39, 0.29) is 0 Å². The van der Waals surface area contributed by atoms with Crippen molar-refractivity contribution in [3.8, 4) is 291 Å². The summed E-state index contributed by atoms with van der Waals surface area (Å²) >= 11 is 0. The maximum Gasteiger partial charge on any atom is 0.161 e. The molecule has 2 aliphatic rings. The molecule has 4 aromatic rings. The van der Waals surface area contributed by atoms with Crippen LogP contribution in [0, 0.1) is 273 Å². The van der Waals surface area contributed by atoms with Gasteiger partial charge in [0, 0.05) is 202 Å². The number of ether oxygens (including phenoxy) is 2. The van der Waals surface area contributed by atoms with Gasteiger partial charge in [0.2, 0.25) is 0 Å². The highest BCUT2D eigenvalue weighted by Crippen LogP contribution is 2.44. The van der Waals surface area contributed by atoms with Gasteiger partial charge in [-0.2, -0.15) is 0 Å². The minimum absolute atomic E-state index is 0.296. The van der Waals surface area contributed by atoms with E-state index < -0.39 is 0 Å². The molecule has 1 unspecified atom stereocenters. The maximum absolute atomic E-state index is 10.0. The standard InChI is InChI=1S/C46H2.C27H26N2O3/c1-3-5-7-9-11-13-15-17-19-21-23-25-27-29-31-33-35-37-39-41-43-45-46-44-42-40-38-36-34-32-30-28-26-24-22-20-18-16-14-12-10-8-6-4-2;1-31-26-14-20-18(11-27(26)32-16-17-5-3-2-4-6-17)9-10-29-15-24-22(13-25(20)29)21-12-19(30)7-8-23(21)28-24/h1-2H;2-8,11-12,14,25,28,30H,9-10,13,15-16H2,1H3. The van der Waals surface area contributed by atoms with Gasteiger partial charge in [0.1, 0.15) is 12.4 Å². The monoisotopic (exact) mass is 980 g/mol. The molecule has 6 rings (SSSR count). The zero-order valence-corrected chi connectivity index (χ0v) is 41.3. The summed E-state index contributed by atoms with van der Waals surface area (Å²) in [6, 6.07) is 20.4. The second kappa shape index (κ2) is 34.7. The Morgan fingerprint density at radius 1 is 0.500 bits per heavy atom. The van der Waals surface area contributed by atoms with Crippen molar-refractivity contribution in [3.63, 3.8) is 0 Å². The average molecular weight is 981 g/mol. The molecule has 0 saturated carbocycles. The van der Waals surface area contributed by atoms with Crippen molar-refractivity contribution in [1.29, 1.82) is 0 Å². The number of nitrogens with zero attached hydrogens (tertiary/aromatic N) is 1. The quantitative estimate of drug-likeness (QED) is 0.268. The van der Waals surface area contributed by atoms with Crippen LogP contribution in [-0.2, 0) is 26.0 Å². The highest BCUT2D eigenvalue weighted by molar-refractivity contribution is 5.86. The molecular weight excluding hydrogens is 953 g/mol. The van der Waals surface area contributed by atoms with Gasteiger partial charge in [0.25, 0.3) is 0 Å². The Morgan fingerprint density at radius 2 is 0.897 bits per heavy atom. The molecule has 0 fully saturated rings. The van der Waals surface area contributed by atoms with Crippen molar-refractivity contribution in [2.24, 2.45) is 0 Å². The third kappa shape index (κ3) is 20.8. The SMILES string of the molecule is C#CC#CC#CC#CC#CC#CC#CC#CC#CC#CC#CC#CC#CC#CC#CC#CC#CC#CC#CC#CC#CC#CC#C.COc1cc2c(cc1OCc1ccccc1)CCN1Cc3[nH]c4ccc(O)cc4c3CC21. The Bertz CT molecular complexity index is 4420. The van der Waals surface area contributed by atoms with E-state index in [1.165, 1.54) is 22.4 Å². The normalized spacial score (nSPS) is 9.45. The van der Waals surface area contributed by atoms with Crippen LogP contribution in [0.1, 0.15) is 34.0 Å². The maximum atomic E-state index is 10.0. The van der Waals surface area contributed by atoms with Crippen LogP contribution >= 0.6 is 0 Å². The number of benzene rings is 3. The Balaban J connectivity index is 0.000000302. The summed E-state index contributed by atoms with van der Waals surface area (Å²) in [7, 11) is 1.71. The van der Waals surface area contributed by atoms with Gasteiger partial charge in [-0.25, -0.2) is 0 Å². The van der Waals surface area contributed by atoms with Gasteiger partial charge in [0.05, 0.1) is 7.11 Å². The van der Waals surface area contributed by atoms with Crippen molar-refractivity contribution in [1.82, 2.24) is 9.88 Å². The number of terminal acetylenes is 2. The molecule has 0 spiro atoms. The van der Waals surface area contributed by atoms with Crippen molar-refractivity contribution < 1.29 is 14.6 Å². The Morgan fingerprint density at radius 3 is 1.28 bits per heavy atom. The van der Waals surface area contributed by atoms with E-state index in [0.29, 0.717) is 18.4 Å². The molecule has 0 amide bonds. The highest BCUT2D eigenvalue weighted by Gasteiger charge is 2.34. The van der Waals surface area contributed by atoms with Crippen LogP contribution in [0.2, 0.25) is 0 Å². The number of fused-ring (bicyclic) bond motifs is 6. The molecule has 0 bridgehead atoms. The van der Waals surface area contributed by atoms with Crippen LogP contribution in [0.3, 0.4) is 0 Å². The van der Waals surface area contributed by atoms with Crippen molar-refractivity contribution in [3.05, 3.63) is 88.6 Å². The van der Waals surface area contributed by atoms with Gasteiger partial charge >= 0.3 is 0 Å². The van der Waals surface area contributed by atoms with Crippen molar-refractivity contribution in [2.75, 3.05) is 13.7 Å². The number of rotatable bonds is 4. The lowest BCUT2D eigenvalue weighted by molar-refractivity contribution is 0.158. The number of aromatic amines is 1. The fraction of sp³-hybridized carbons (Fsp3) is 0.0959. The topological polar surface area (TPSA) is 57.7 Å². The molecule has 348 valence electrons. The lowest BCUT2D eigenvalue weighted by Crippen LogP contribution is -2.39. The number of phenols is 1. The summed E-state index contributed by atoms with van der Waals surface area (Å²) in [5.74, 6) is 110. The van der Waals surface area contributed by atoms with Crippen LogP contribution in [0.4, 0.5) is 0 Å². The average Bonchev–Trinajstić information content (AvgIpc) is 3.83. The number of methoxy groups -OCH3 is 1. The number of hydrogen-bond donors (Lipinski definition) is 2. The van der Waals surface area contributed by atoms with Gasteiger partial charge < -0.3 is 19.6 Å². The summed E-state index contributed by atoms with van der Waals surface area (Å²) in [5, 5.41) is 11.1. The summed E-state index contributed by atoms with van der Waals surface area (Å²) in [4.78, 5) is 6.11. The molecule has 1 atom stereocenters. The lowest BCUT2D eigenvalue weighted by Gasteiger charge is -2.40. The van der Waals surface area contributed by atoms with Gasteiger partial charge in [-0.05, 0) is 160 Å². The minimum atomic E-state index is 0.296. The van der Waals surface area contributed by atoms with Gasteiger partial charge in [-0.1, -0.05) is 30.3 Å². The highest BCUT2D eigenvalue weighted by atomic mass is 16.5. The summed E-state index contributed by atoms with van der Waals surface area (Å²) in [6.07, 6.45) is 11.8. The third-order valence-corrected chi connectivity index (χ3v) is 9.57. The molecule has 0 saturated heterocycles. The molecule has 78 heavy (non-hydrogen) atoms. The van der Waals surface area contributed by atoms with Crippen molar-refractivity contribution in [2.45, 2.75) is 32.0 Å². The molecule has 0 aliphatic carbocycles. The molecule has 2 N–H and O–H groups in total. The van der Waals surface area contributed by atoms with E-state index in [0.717, 1.165) is 53.9 Å². The predicted octanol–water partition coefficient (Wildman–Crippen LogP) is 5.44. The Kier molecular flexibility index (Phi) is 24.6. The lowest BCUT2D eigenvalue weighted by atomic mass is 9.85. The van der Waals surface area contributed by atoms with Gasteiger partial charge in [-0.3, -0.25) is 4.90 Å². The van der Waals surface area contributed by atoms with E-state index in [1.807, 2.05) is 30.3 Å². The molecule has 1 aromatic heterocycles. The molecule has 3 aromatic carbocycles. The van der Waals surface area contributed by atoms with Crippen LogP contribution in [0.15, 0.2) is 60.7 Å². The van der Waals surface area contributed by atoms with E-state index in [1.54, 1.807) is 13.2 Å². The number of H-pyrrole nitrogens is 1. The molecular formula is C73H28N2O3. The van der Waals surface area contributed by atoms with E-state index >= 15 is 0 Å². The first-order valence-corrected chi connectivity index (χ1v) is 22.5. The predicted molar refractivity (Wildman–Crippen MR) is 305 cm³/mol. The van der Waals surface area contributed by atoms with E-state index in [9.17, 15) is 5.11 Å². The largest absolute Gasteiger partial charge is 0.508 e. The first-order chi connectivity index (χ1) is 38.6. The summed E-state index contributed by atoms with van der Waals surface area (Å²) in [6.45, 7) is 2.43. The third-order valence-electron chi connectivity index (χ3n) is 9.57. The number of aromatic nitrogens is 1. The molecule has 2 aliphatic heterocycles. The second-order valence-electron chi connectivity index (χ2n) is 14.3. The van der Waals surface area contributed by atoms with Crippen LogP contribution in [0.25, 0.3) is 10.9 Å². The number of aromatic hydroxyl groups is 1. The van der Waals surface area contributed by atoms with Crippen molar-refractivity contribution >= 4 is 10.9 Å². The van der Waals surface area contributed by atoms with Gasteiger partial charge in [-0.15, -0.1) is 12.8 Å². The van der Waals surface area contributed by atoms with Crippen LogP contribution in [-0.4, -0.2) is 28.6 Å². The molecule has 5 nitrogen and oxygen atoms in total. The van der Waals surface area contributed by atoms with Crippen LogP contribution in [0.5, 0.6) is 17.2 Å². The molecule has 5 heteroatoms. The summed E-state index contributed by atoms with van der Waals surface area (Å²) in [5.41, 5.74) is 7.46. The van der Waals surface area contributed by atoms with Gasteiger partial charge in [0.15, 0.2) is 11.5 Å². The van der Waals surface area contributed by atoms with Crippen LogP contribution < -0.4 is 9.47 Å². The summed E-state index contributed by atoms with van der Waals surface area (Å²) < 4.78 is 11.9. The second-order valence-corrected chi connectivity index (χ2v) is 14.3. The molecule has 3 heterocycles. The first-order valence-electron chi connectivity index (χ1n) is 22.5. The zero-order valence-electron chi connectivity index (χ0n) is 41.3. The minimum Gasteiger partial charge on any atom is -0.508 e. The zero-order chi connectivity index (χ0) is 54.8. The fourth-order valence-electron chi connectivity index (χ4n) is 6.58. The number of hydrogen-bond acceptors (Lipinski definition) is 4. The Labute approximate surface area is 458 Å². The molecule has 0 radical (unpaired) electrons. The van der Waals surface area contributed by atoms with E-state index in [2.05, 4.69) is 295 Å². The fourth-order valence-corrected chi connectivity index (χ4v) is 6.58. The first kappa shape index (κ1) is 55.4. The number of phenolic OH excluding ortho intramolecular Hbond substituents is 1. The number of nitrogens with one attached hydrogen (secondary N) is 1. The smallest absolute Gasteiger partial charge is 0.161 e.